The molecule has 0 radical (unpaired) electrons. The van der Waals surface area contributed by atoms with Gasteiger partial charge in [-0.3, -0.25) is 25.0 Å². The molecule has 10 nitrogen and oxygen atoms in total. The summed E-state index contributed by atoms with van der Waals surface area (Å²) in [5.41, 5.74) is 2.60. The minimum atomic E-state index is -0.476. The van der Waals surface area contributed by atoms with Crippen LogP contribution in [0.15, 0.2) is 94.1 Å². The van der Waals surface area contributed by atoms with E-state index in [0.717, 1.165) is 0 Å². The van der Waals surface area contributed by atoms with Crippen molar-refractivity contribution in [1.82, 2.24) is 0 Å². The standard InChI is InChI=1S/C25H16N4O6/c30-25-21-9-7-17(26-15-3-1-5-19(11-15)28(31)32)13-23(21)35-24-14-18(8-10-22(24)25)27-16-4-2-6-20(12-16)29(33)34/h1-14,26-27H. The third-order valence-electron chi connectivity index (χ3n) is 5.36. The molecule has 0 aliphatic rings. The van der Waals surface area contributed by atoms with Crippen LogP contribution < -0.4 is 16.1 Å². The highest BCUT2D eigenvalue weighted by molar-refractivity contribution is 5.93. The maximum absolute atomic E-state index is 13.0. The van der Waals surface area contributed by atoms with Gasteiger partial charge in [-0.25, -0.2) is 0 Å². The van der Waals surface area contributed by atoms with Gasteiger partial charge in [-0.2, -0.15) is 0 Å². The van der Waals surface area contributed by atoms with Gasteiger partial charge in [-0.05, 0) is 36.4 Å². The summed E-state index contributed by atoms with van der Waals surface area (Å²) in [5.74, 6) is 0. The number of nitro benzene ring substituents is 2. The fraction of sp³-hybridized carbons (Fsp3) is 0. The summed E-state index contributed by atoms with van der Waals surface area (Å²) in [7, 11) is 0. The van der Waals surface area contributed by atoms with Crippen molar-refractivity contribution in [3.8, 4) is 0 Å². The van der Waals surface area contributed by atoms with Crippen LogP contribution in [0.3, 0.4) is 0 Å². The molecule has 0 saturated carbocycles. The lowest BCUT2D eigenvalue weighted by Crippen LogP contribution is -2.03. The third kappa shape index (κ3) is 4.35. The lowest BCUT2D eigenvalue weighted by molar-refractivity contribution is -0.385. The second kappa shape index (κ2) is 8.60. The predicted octanol–water partition coefficient (Wildman–Crippen LogP) is 6.25. The van der Waals surface area contributed by atoms with Crippen molar-refractivity contribution in [3.05, 3.63) is 115 Å². The van der Waals surface area contributed by atoms with Gasteiger partial charge in [-0.15, -0.1) is 0 Å². The third-order valence-corrected chi connectivity index (χ3v) is 5.36. The van der Waals surface area contributed by atoms with Crippen LogP contribution in [0.1, 0.15) is 0 Å². The minimum absolute atomic E-state index is 0.0444. The van der Waals surface area contributed by atoms with Crippen molar-refractivity contribution < 1.29 is 14.3 Å². The maximum atomic E-state index is 13.0. The van der Waals surface area contributed by atoms with Crippen molar-refractivity contribution in [3.63, 3.8) is 0 Å². The number of benzene rings is 4. The fourth-order valence-corrected chi connectivity index (χ4v) is 3.74. The minimum Gasteiger partial charge on any atom is -0.456 e. The van der Waals surface area contributed by atoms with Gasteiger partial charge in [-0.1, -0.05) is 12.1 Å². The second-order valence-electron chi connectivity index (χ2n) is 7.72. The molecule has 0 saturated heterocycles. The van der Waals surface area contributed by atoms with Crippen LogP contribution in [0.5, 0.6) is 0 Å². The molecule has 0 atom stereocenters. The van der Waals surface area contributed by atoms with Gasteiger partial charge in [0.1, 0.15) is 11.2 Å². The SMILES string of the molecule is O=c1c2ccc(Nc3cccc([N+](=O)[O-])c3)cc2oc2cc(Nc3cccc([N+](=O)[O-])c3)ccc12. The normalized spacial score (nSPS) is 10.9. The zero-order valence-electron chi connectivity index (χ0n) is 17.9. The first-order valence-corrected chi connectivity index (χ1v) is 10.4. The first-order valence-electron chi connectivity index (χ1n) is 10.4. The molecule has 0 unspecified atom stereocenters. The van der Waals surface area contributed by atoms with Crippen molar-refractivity contribution in [2.75, 3.05) is 10.6 Å². The number of anilines is 4. The smallest absolute Gasteiger partial charge is 0.271 e. The largest absolute Gasteiger partial charge is 0.456 e. The van der Waals surface area contributed by atoms with E-state index < -0.39 is 9.85 Å². The highest BCUT2D eigenvalue weighted by atomic mass is 16.6. The number of nitrogens with one attached hydrogen (secondary N) is 2. The Morgan fingerprint density at radius 3 is 1.46 bits per heavy atom. The monoisotopic (exact) mass is 468 g/mol. The van der Waals surface area contributed by atoms with Gasteiger partial charge < -0.3 is 15.1 Å². The van der Waals surface area contributed by atoms with E-state index >= 15 is 0 Å². The number of non-ortho nitro benzene ring substituents is 2. The molecule has 172 valence electrons. The van der Waals surface area contributed by atoms with E-state index in [4.69, 9.17) is 4.42 Å². The quantitative estimate of drug-likeness (QED) is 0.169. The number of fused-ring (bicyclic) bond motifs is 2. The zero-order valence-corrected chi connectivity index (χ0v) is 17.9. The Kier molecular flexibility index (Phi) is 5.30. The summed E-state index contributed by atoms with van der Waals surface area (Å²) in [6.07, 6.45) is 0. The van der Waals surface area contributed by atoms with Crippen molar-refractivity contribution in [1.29, 1.82) is 0 Å². The van der Waals surface area contributed by atoms with E-state index in [2.05, 4.69) is 10.6 Å². The van der Waals surface area contributed by atoms with Crippen molar-refractivity contribution >= 4 is 56.1 Å². The molecule has 0 aliphatic heterocycles. The Labute approximate surface area is 196 Å². The average Bonchev–Trinajstić information content (AvgIpc) is 2.84. The zero-order chi connectivity index (χ0) is 24.5. The summed E-state index contributed by atoms with van der Waals surface area (Å²) in [6, 6.07) is 22.1. The van der Waals surface area contributed by atoms with Crippen LogP contribution in [-0.2, 0) is 0 Å². The molecule has 10 heteroatoms. The molecular formula is C25H16N4O6. The van der Waals surface area contributed by atoms with Crippen molar-refractivity contribution in [2.45, 2.75) is 0 Å². The van der Waals surface area contributed by atoms with E-state index in [0.29, 0.717) is 44.7 Å². The number of hydrogen-bond acceptors (Lipinski definition) is 8. The molecule has 0 aliphatic carbocycles. The Hall–Kier alpha value is -5.25. The molecule has 0 spiro atoms. The summed E-state index contributed by atoms with van der Waals surface area (Å²) in [6.45, 7) is 0. The lowest BCUT2D eigenvalue weighted by Gasteiger charge is -2.09. The first-order chi connectivity index (χ1) is 16.9. The maximum Gasteiger partial charge on any atom is 0.271 e. The lowest BCUT2D eigenvalue weighted by atomic mass is 10.1. The van der Waals surface area contributed by atoms with Crippen LogP contribution in [-0.4, -0.2) is 9.85 Å². The summed E-state index contributed by atoms with van der Waals surface area (Å²) in [4.78, 5) is 34.1. The highest BCUT2D eigenvalue weighted by Crippen LogP contribution is 2.28. The van der Waals surface area contributed by atoms with E-state index in [1.807, 2.05) is 0 Å². The molecular weight excluding hydrogens is 452 g/mol. The van der Waals surface area contributed by atoms with Crippen LogP contribution >= 0.6 is 0 Å². The molecule has 1 heterocycles. The van der Waals surface area contributed by atoms with E-state index in [-0.39, 0.29) is 16.8 Å². The summed E-state index contributed by atoms with van der Waals surface area (Å²) < 4.78 is 6.01. The summed E-state index contributed by atoms with van der Waals surface area (Å²) in [5, 5.41) is 29.0. The van der Waals surface area contributed by atoms with Gasteiger partial charge >= 0.3 is 0 Å². The van der Waals surface area contributed by atoms with E-state index in [1.54, 1.807) is 60.7 Å². The second-order valence-corrected chi connectivity index (χ2v) is 7.72. The van der Waals surface area contributed by atoms with Crippen LogP contribution in [0.4, 0.5) is 34.1 Å². The molecule has 2 N–H and O–H groups in total. The molecule has 0 fully saturated rings. The molecule has 5 aromatic rings. The molecule has 0 bridgehead atoms. The van der Waals surface area contributed by atoms with E-state index in [9.17, 15) is 25.0 Å². The van der Waals surface area contributed by atoms with Crippen LogP contribution in [0, 0.1) is 20.2 Å². The Morgan fingerprint density at radius 2 is 1.03 bits per heavy atom. The number of rotatable bonds is 6. The van der Waals surface area contributed by atoms with Gasteiger partial charge in [0.15, 0.2) is 0 Å². The number of nitro groups is 2. The Bertz CT molecular complexity index is 1580. The topological polar surface area (TPSA) is 141 Å². The Balaban J connectivity index is 1.50. The number of hydrogen-bond donors (Lipinski definition) is 2. The predicted molar refractivity (Wildman–Crippen MR) is 133 cm³/mol. The average molecular weight is 468 g/mol. The molecule has 0 amide bonds. The van der Waals surface area contributed by atoms with Crippen LogP contribution in [0.2, 0.25) is 0 Å². The fourth-order valence-electron chi connectivity index (χ4n) is 3.74. The number of nitrogens with zero attached hydrogens (tertiary/aromatic N) is 2. The molecule has 5 rings (SSSR count). The van der Waals surface area contributed by atoms with Gasteiger partial charge in [0.25, 0.3) is 11.4 Å². The highest BCUT2D eigenvalue weighted by Gasteiger charge is 2.12. The van der Waals surface area contributed by atoms with Gasteiger partial charge in [0, 0.05) is 59.1 Å². The van der Waals surface area contributed by atoms with Crippen molar-refractivity contribution in [2.24, 2.45) is 0 Å². The van der Waals surface area contributed by atoms with Crippen LogP contribution in [0.25, 0.3) is 21.9 Å². The van der Waals surface area contributed by atoms with Gasteiger partial charge in [0.05, 0.1) is 20.6 Å². The molecule has 4 aromatic carbocycles. The first kappa shape index (κ1) is 21.6. The van der Waals surface area contributed by atoms with E-state index in [1.165, 1.54) is 24.3 Å². The summed E-state index contributed by atoms with van der Waals surface area (Å²) >= 11 is 0. The molecule has 1 aromatic heterocycles. The Morgan fingerprint density at radius 1 is 0.600 bits per heavy atom. The van der Waals surface area contributed by atoms with Gasteiger partial charge in [0.2, 0.25) is 5.43 Å². The molecule has 35 heavy (non-hydrogen) atoms.